The van der Waals surface area contributed by atoms with Crippen molar-refractivity contribution in [3.8, 4) is 5.75 Å². The molecule has 2 aliphatic heterocycles. The maximum atomic E-state index is 6.11. The molecule has 1 aromatic carbocycles. The van der Waals surface area contributed by atoms with Gasteiger partial charge in [-0.2, -0.15) is 4.98 Å². The fraction of sp³-hybridized carbons (Fsp3) is 0.579. The van der Waals surface area contributed by atoms with Gasteiger partial charge in [-0.05, 0) is 18.9 Å². The first-order chi connectivity index (χ1) is 12.8. The fourth-order valence-corrected chi connectivity index (χ4v) is 4.06. The normalized spacial score (nSPS) is 29.3. The van der Waals surface area contributed by atoms with Gasteiger partial charge in [0, 0.05) is 12.1 Å². The second-order valence-corrected chi connectivity index (χ2v) is 7.35. The fourth-order valence-electron chi connectivity index (χ4n) is 4.06. The van der Waals surface area contributed by atoms with Crippen LogP contribution in [0.3, 0.4) is 0 Å². The molecule has 2 saturated heterocycles. The standard InChI is InChI=1S/C19H23N3O4/c1-23-15-5-3-2-4-13(15)19(6-7-19)18-21-17(26-22-18)8-12-9-20-14-10-24-11-16(14)25-12/h2-5,12,14,16,20H,6-11H2,1H3/t12-,14-,16-/m1/s1. The third-order valence-electron chi connectivity index (χ3n) is 5.67. The van der Waals surface area contributed by atoms with E-state index in [4.69, 9.17) is 23.7 Å². The number of aromatic nitrogens is 2. The molecule has 138 valence electrons. The second-order valence-electron chi connectivity index (χ2n) is 7.35. The molecule has 2 aromatic rings. The molecule has 0 spiro atoms. The average Bonchev–Trinajstić information content (AvgIpc) is 3.11. The van der Waals surface area contributed by atoms with Crippen LogP contribution in [0.4, 0.5) is 0 Å². The second kappa shape index (κ2) is 6.33. The average molecular weight is 357 g/mol. The van der Waals surface area contributed by atoms with Crippen molar-refractivity contribution in [3.63, 3.8) is 0 Å². The zero-order valence-electron chi connectivity index (χ0n) is 14.8. The van der Waals surface area contributed by atoms with Gasteiger partial charge < -0.3 is 24.1 Å². The molecule has 1 aromatic heterocycles. The van der Waals surface area contributed by atoms with Gasteiger partial charge in [0.15, 0.2) is 5.82 Å². The van der Waals surface area contributed by atoms with E-state index in [0.29, 0.717) is 25.0 Å². The lowest BCUT2D eigenvalue weighted by Crippen LogP contribution is -2.52. The summed E-state index contributed by atoms with van der Waals surface area (Å²) in [6.45, 7) is 2.16. The summed E-state index contributed by atoms with van der Waals surface area (Å²) in [5.74, 6) is 2.26. The summed E-state index contributed by atoms with van der Waals surface area (Å²) in [6, 6.07) is 8.40. The van der Waals surface area contributed by atoms with Crippen LogP contribution >= 0.6 is 0 Å². The van der Waals surface area contributed by atoms with Crippen LogP contribution in [-0.2, 0) is 21.3 Å². The Balaban J connectivity index is 1.32. The first-order valence-corrected chi connectivity index (χ1v) is 9.22. The summed E-state index contributed by atoms with van der Waals surface area (Å²) >= 11 is 0. The van der Waals surface area contributed by atoms with Gasteiger partial charge in [-0.3, -0.25) is 0 Å². The van der Waals surface area contributed by atoms with Crippen LogP contribution in [0.25, 0.3) is 0 Å². The Morgan fingerprint density at radius 2 is 2.15 bits per heavy atom. The van der Waals surface area contributed by atoms with E-state index in [-0.39, 0.29) is 17.6 Å². The van der Waals surface area contributed by atoms with E-state index < -0.39 is 0 Å². The number of para-hydroxylation sites is 1. The SMILES string of the molecule is COc1ccccc1C1(c2noc(C[C@@H]3CN[C@@H]4COC[C@H]4O3)n2)CC1. The lowest BCUT2D eigenvalue weighted by molar-refractivity contribution is -0.0510. The van der Waals surface area contributed by atoms with Gasteiger partial charge in [-0.1, -0.05) is 23.4 Å². The molecule has 5 rings (SSSR count). The number of hydrogen-bond donors (Lipinski definition) is 1. The quantitative estimate of drug-likeness (QED) is 0.868. The number of nitrogens with one attached hydrogen (secondary N) is 1. The first kappa shape index (κ1) is 16.2. The molecular weight excluding hydrogens is 334 g/mol. The van der Waals surface area contributed by atoms with E-state index in [2.05, 4.69) is 16.5 Å². The Labute approximate surface area is 152 Å². The number of nitrogens with zero attached hydrogens (tertiary/aromatic N) is 2. The third kappa shape index (κ3) is 2.71. The lowest BCUT2D eigenvalue weighted by Gasteiger charge is -2.31. The highest BCUT2D eigenvalue weighted by molar-refractivity contribution is 5.47. The van der Waals surface area contributed by atoms with Crippen LogP contribution in [0.5, 0.6) is 5.75 Å². The Morgan fingerprint density at radius 1 is 1.27 bits per heavy atom. The van der Waals surface area contributed by atoms with Gasteiger partial charge in [0.1, 0.15) is 5.75 Å². The molecule has 0 bridgehead atoms. The first-order valence-electron chi connectivity index (χ1n) is 9.22. The molecule has 7 nitrogen and oxygen atoms in total. The molecule has 0 radical (unpaired) electrons. The number of ether oxygens (including phenoxy) is 3. The van der Waals surface area contributed by atoms with Crippen molar-refractivity contribution in [1.82, 2.24) is 15.5 Å². The van der Waals surface area contributed by atoms with Gasteiger partial charge >= 0.3 is 0 Å². The van der Waals surface area contributed by atoms with Gasteiger partial charge in [-0.25, -0.2) is 0 Å². The lowest BCUT2D eigenvalue weighted by atomic mass is 9.94. The topological polar surface area (TPSA) is 78.6 Å². The maximum absolute atomic E-state index is 6.11. The summed E-state index contributed by atoms with van der Waals surface area (Å²) in [4.78, 5) is 4.70. The summed E-state index contributed by atoms with van der Waals surface area (Å²) in [6.07, 6.45) is 2.79. The summed E-state index contributed by atoms with van der Waals surface area (Å²) in [7, 11) is 1.70. The van der Waals surface area contributed by atoms with E-state index in [9.17, 15) is 0 Å². The van der Waals surface area contributed by atoms with Crippen molar-refractivity contribution in [2.24, 2.45) is 0 Å². The van der Waals surface area contributed by atoms with E-state index in [0.717, 1.165) is 43.1 Å². The Morgan fingerprint density at radius 3 is 3.00 bits per heavy atom. The molecule has 1 saturated carbocycles. The number of benzene rings is 1. The number of hydrogen-bond acceptors (Lipinski definition) is 7. The number of fused-ring (bicyclic) bond motifs is 1. The molecule has 3 aliphatic rings. The molecule has 3 atom stereocenters. The molecule has 0 amide bonds. The zero-order chi connectivity index (χ0) is 17.6. The van der Waals surface area contributed by atoms with Gasteiger partial charge in [0.05, 0.1) is 50.4 Å². The monoisotopic (exact) mass is 357 g/mol. The van der Waals surface area contributed by atoms with Gasteiger partial charge in [-0.15, -0.1) is 0 Å². The molecule has 26 heavy (non-hydrogen) atoms. The molecule has 0 unspecified atom stereocenters. The zero-order valence-corrected chi connectivity index (χ0v) is 14.8. The van der Waals surface area contributed by atoms with Crippen molar-refractivity contribution in [3.05, 3.63) is 41.5 Å². The minimum absolute atomic E-state index is 0.0349. The van der Waals surface area contributed by atoms with Crippen LogP contribution in [-0.4, -0.2) is 55.3 Å². The smallest absolute Gasteiger partial charge is 0.229 e. The molecule has 3 heterocycles. The van der Waals surface area contributed by atoms with E-state index in [1.807, 2.05) is 18.2 Å². The van der Waals surface area contributed by atoms with Crippen LogP contribution in [0.2, 0.25) is 0 Å². The van der Waals surface area contributed by atoms with Crippen molar-refractivity contribution in [1.29, 1.82) is 0 Å². The number of morpholine rings is 1. The van der Waals surface area contributed by atoms with Crippen LogP contribution in [0, 0.1) is 0 Å². The molecule has 1 aliphatic carbocycles. The highest BCUT2D eigenvalue weighted by atomic mass is 16.6. The van der Waals surface area contributed by atoms with Gasteiger partial charge in [0.25, 0.3) is 0 Å². The van der Waals surface area contributed by atoms with Gasteiger partial charge in [0.2, 0.25) is 5.89 Å². The van der Waals surface area contributed by atoms with Crippen molar-refractivity contribution in [2.45, 2.75) is 42.9 Å². The Bertz CT molecular complexity index is 789. The van der Waals surface area contributed by atoms with Crippen LogP contribution < -0.4 is 10.1 Å². The highest BCUT2D eigenvalue weighted by Crippen LogP contribution is 2.54. The predicted molar refractivity (Wildman–Crippen MR) is 92.3 cm³/mol. The molecule has 7 heteroatoms. The maximum Gasteiger partial charge on any atom is 0.229 e. The van der Waals surface area contributed by atoms with Crippen molar-refractivity contribution in [2.75, 3.05) is 26.9 Å². The summed E-state index contributed by atoms with van der Waals surface area (Å²) < 4.78 is 22.7. The summed E-state index contributed by atoms with van der Waals surface area (Å²) in [5.41, 5.74) is 0.959. The largest absolute Gasteiger partial charge is 0.496 e. The Hall–Kier alpha value is -1.96. The third-order valence-corrected chi connectivity index (χ3v) is 5.67. The number of rotatable bonds is 5. The molecule has 1 N–H and O–H groups in total. The van der Waals surface area contributed by atoms with Crippen molar-refractivity contribution < 1.29 is 18.7 Å². The minimum atomic E-state index is -0.176. The van der Waals surface area contributed by atoms with E-state index in [1.165, 1.54) is 0 Å². The van der Waals surface area contributed by atoms with Crippen LogP contribution in [0.15, 0.2) is 28.8 Å². The van der Waals surface area contributed by atoms with E-state index in [1.54, 1.807) is 7.11 Å². The molecular formula is C19H23N3O4. The Kier molecular flexibility index (Phi) is 3.95. The molecule has 3 fully saturated rings. The highest BCUT2D eigenvalue weighted by Gasteiger charge is 2.51. The summed E-state index contributed by atoms with van der Waals surface area (Å²) in [5, 5.41) is 7.78. The predicted octanol–water partition coefficient (Wildman–Crippen LogP) is 1.46. The van der Waals surface area contributed by atoms with Crippen molar-refractivity contribution >= 4 is 0 Å². The van der Waals surface area contributed by atoms with E-state index >= 15 is 0 Å². The number of methoxy groups -OCH3 is 1. The minimum Gasteiger partial charge on any atom is -0.496 e. The van der Waals surface area contributed by atoms with Crippen LogP contribution in [0.1, 0.15) is 30.1 Å².